The van der Waals surface area contributed by atoms with Gasteiger partial charge in [-0.3, -0.25) is 22.6 Å². The van der Waals surface area contributed by atoms with Crippen molar-refractivity contribution >= 4 is 153 Å². The van der Waals surface area contributed by atoms with E-state index >= 15 is 0 Å². The van der Waals surface area contributed by atoms with E-state index in [1.54, 1.807) is 29.2 Å². The maximum Gasteiger partial charge on any atom is 0.299 e. The summed E-state index contributed by atoms with van der Waals surface area (Å²) in [6.07, 6.45) is 0.785. The van der Waals surface area contributed by atoms with Crippen LogP contribution >= 0.6 is 35.4 Å². The van der Waals surface area contributed by atoms with Crippen LogP contribution in [0.25, 0.3) is 37.7 Å². The number of hydrogen-bond donors (Lipinski definition) is 8. The number of ether oxygens (including phenoxy) is 2. The Morgan fingerprint density at radius 1 is 0.718 bits per heavy atom. The number of phenolic OH excluding ortho intramolecular Hbond substituents is 1. The molecule has 40 heteroatoms. The van der Waals surface area contributed by atoms with E-state index in [1.165, 1.54) is 55.9 Å². The van der Waals surface area contributed by atoms with Crippen LogP contribution in [0.1, 0.15) is 24.0 Å². The van der Waals surface area contributed by atoms with Crippen LogP contribution in [0.5, 0.6) is 23.1 Å². The SMILES string of the molecule is COc1cc(N=Nc2c(SOOO)cc3c(S(=O)(=O)O)c(N=Nc4c(C)c(C#N)c5nc6ccccc6n5c4O)ccc3c2O)c(N(CCCSOOO)CCCS(=O)(=O)O)cc1N=Nc1nc2ccc(OC)c(S(=O)(=O)O)c2s1.CS(=O)(=O)O. The summed E-state index contributed by atoms with van der Waals surface area (Å²) in [5, 5.41) is 83.5. The second kappa shape index (κ2) is 27.3. The van der Waals surface area contributed by atoms with Gasteiger partial charge in [0, 0.05) is 53.3 Å². The van der Waals surface area contributed by atoms with Gasteiger partial charge in [0.1, 0.15) is 50.8 Å². The lowest BCUT2D eigenvalue weighted by molar-refractivity contribution is -0.432. The molecule has 0 spiro atoms. The Balaban J connectivity index is 0.00000198. The fourth-order valence-corrected chi connectivity index (χ4v) is 12.3. The van der Waals surface area contributed by atoms with Crippen LogP contribution < -0.4 is 14.4 Å². The third-order valence-electron chi connectivity index (χ3n) is 11.5. The fourth-order valence-electron chi connectivity index (χ4n) is 8.14. The van der Waals surface area contributed by atoms with E-state index in [0.717, 1.165) is 23.5 Å². The molecule has 452 valence electrons. The molecule has 8 N–H and O–H groups in total. The first kappa shape index (κ1) is 65.1. The number of nitrogens with zero attached hydrogens (tertiary/aromatic N) is 11. The summed E-state index contributed by atoms with van der Waals surface area (Å²) in [5.41, 5.74) is -0.0713. The van der Waals surface area contributed by atoms with Gasteiger partial charge in [-0.2, -0.15) is 38.9 Å². The zero-order valence-electron chi connectivity index (χ0n) is 43.7. The molecule has 8 aromatic rings. The summed E-state index contributed by atoms with van der Waals surface area (Å²) < 4.78 is 153. The zero-order valence-corrected chi connectivity index (χ0v) is 49.4. The van der Waals surface area contributed by atoms with Crippen LogP contribution in [0.15, 0.2) is 112 Å². The van der Waals surface area contributed by atoms with E-state index in [-0.39, 0.29) is 120 Å². The fraction of sp³-hybridized carbons (Fsp3) is 0.222. The molecule has 0 amide bonds. The van der Waals surface area contributed by atoms with Crippen molar-refractivity contribution in [1.29, 1.82) is 5.26 Å². The highest BCUT2D eigenvalue weighted by Gasteiger charge is 2.28. The second-order valence-electron chi connectivity index (χ2n) is 17.0. The Morgan fingerprint density at radius 2 is 1.36 bits per heavy atom. The number of fused-ring (bicyclic) bond motifs is 5. The van der Waals surface area contributed by atoms with Crippen LogP contribution in [0.2, 0.25) is 0 Å². The monoisotopic (exact) mass is 1310 g/mol. The molecule has 0 aliphatic heterocycles. The number of methoxy groups -OCH3 is 2. The van der Waals surface area contributed by atoms with Crippen LogP contribution in [0, 0.1) is 18.3 Å². The van der Waals surface area contributed by atoms with Gasteiger partial charge in [-0.05, 0) is 68.3 Å². The number of imidazole rings is 1. The van der Waals surface area contributed by atoms with E-state index in [4.69, 9.17) is 23.6 Å². The second-order valence-corrected chi connectivity index (χ2v) is 25.3. The topological polar surface area (TPSA) is 485 Å². The molecule has 0 aliphatic rings. The molecule has 85 heavy (non-hydrogen) atoms. The number of phenols is 1. The van der Waals surface area contributed by atoms with Crippen molar-refractivity contribution in [3.8, 4) is 29.2 Å². The lowest BCUT2D eigenvalue weighted by Crippen LogP contribution is -2.27. The predicted molar refractivity (Wildman–Crippen MR) is 304 cm³/mol. The van der Waals surface area contributed by atoms with Crippen molar-refractivity contribution in [3.05, 3.63) is 77.9 Å². The van der Waals surface area contributed by atoms with E-state index < -0.39 is 84.4 Å². The van der Waals surface area contributed by atoms with E-state index in [9.17, 15) is 68.1 Å². The Hall–Kier alpha value is -7.41. The number of thiazole rings is 1. The molecule has 3 aromatic heterocycles. The molecule has 0 unspecified atom stereocenters. The number of para-hydroxylation sites is 2. The smallest absolute Gasteiger partial charge is 0.299 e. The van der Waals surface area contributed by atoms with E-state index in [0.29, 0.717) is 29.3 Å². The number of nitriles is 1. The average molecular weight is 1310 g/mol. The summed E-state index contributed by atoms with van der Waals surface area (Å²) in [7, 11) is -15.8. The molecule has 0 fully saturated rings. The minimum atomic E-state index is -5.31. The number of hydrogen-bond acceptors (Lipinski definition) is 31. The van der Waals surface area contributed by atoms with Crippen molar-refractivity contribution in [2.24, 2.45) is 30.7 Å². The molecule has 0 aliphatic carbocycles. The van der Waals surface area contributed by atoms with Crippen LogP contribution in [0.4, 0.5) is 39.3 Å². The summed E-state index contributed by atoms with van der Waals surface area (Å²) in [4.78, 5) is 8.56. The normalized spacial score (nSPS) is 12.5. The van der Waals surface area contributed by atoms with Crippen LogP contribution in [-0.2, 0) is 59.2 Å². The van der Waals surface area contributed by atoms with Gasteiger partial charge in [0.05, 0.1) is 70.1 Å². The summed E-state index contributed by atoms with van der Waals surface area (Å²) in [5.74, 6) is -2.03. The quantitative estimate of drug-likeness (QED) is 0.00696. The Labute approximate surface area is 492 Å². The summed E-state index contributed by atoms with van der Waals surface area (Å²) in [6.45, 7) is 1.41. The van der Waals surface area contributed by atoms with Crippen LogP contribution in [0.3, 0.4) is 0 Å². The summed E-state index contributed by atoms with van der Waals surface area (Å²) >= 11 is 1.64. The summed E-state index contributed by atoms with van der Waals surface area (Å²) in [6, 6.07) is 17.4. The van der Waals surface area contributed by atoms with E-state index in [2.05, 4.69) is 55.1 Å². The molecule has 0 atom stereocenters. The maximum atomic E-state index is 13.3. The van der Waals surface area contributed by atoms with Gasteiger partial charge in [-0.25, -0.2) is 20.5 Å². The van der Waals surface area contributed by atoms with Crippen molar-refractivity contribution in [2.75, 3.05) is 50.0 Å². The van der Waals surface area contributed by atoms with Crippen molar-refractivity contribution in [1.82, 2.24) is 14.4 Å². The number of anilines is 1. The van der Waals surface area contributed by atoms with Crippen molar-refractivity contribution in [2.45, 2.75) is 34.5 Å². The Kier molecular flexibility index (Phi) is 20.9. The average Bonchev–Trinajstić information content (AvgIpc) is 1.92. The minimum absolute atomic E-state index is 0.00525. The number of azo groups is 3. The van der Waals surface area contributed by atoms with Crippen LogP contribution in [-0.4, -0.2) is 132 Å². The van der Waals surface area contributed by atoms with Crippen molar-refractivity contribution < 1.29 is 101 Å². The minimum Gasteiger partial charge on any atom is -0.505 e. The first-order chi connectivity index (χ1) is 40.1. The third kappa shape index (κ3) is 15.7. The van der Waals surface area contributed by atoms with Gasteiger partial charge in [0.25, 0.3) is 40.5 Å². The van der Waals surface area contributed by atoms with Gasteiger partial charge in [0.15, 0.2) is 22.0 Å². The molecule has 0 bridgehead atoms. The molecule has 8 rings (SSSR count). The molecule has 0 saturated heterocycles. The number of aromatic nitrogens is 3. The van der Waals surface area contributed by atoms with Crippen molar-refractivity contribution in [3.63, 3.8) is 0 Å². The molecule has 0 saturated carbocycles. The van der Waals surface area contributed by atoms with Gasteiger partial charge < -0.3 is 24.6 Å². The lowest BCUT2D eigenvalue weighted by Gasteiger charge is -2.26. The molecule has 3 heterocycles. The largest absolute Gasteiger partial charge is 0.505 e. The zero-order chi connectivity index (χ0) is 62.2. The molecular weight excluding hydrogens is 1270 g/mol. The third-order valence-corrected chi connectivity index (χ3v) is 16.5. The number of pyridine rings is 1. The standard InChI is InChI=1S/C44H39N11O19S6.CH4O3S/c1-22-25(21-45)42-46-26-8-4-5-9-31(26)55(42)43(57)36(22)51-48-28-11-10-23-24(40(28)79(63,64)65)18-35(77-74-72-59)37(38(23)56)52-49-29-20-34(70-3)30(19-32(29)54(14-6-16-75-73-71-58)15-7-17-78(60,61)62)50-53-44-47-27-12-13-33(69-2)41(39(27)76-44)80(66,67)68;1-5(2,3)4/h4-5,8-13,18-20,56-59H,6-7,14-17H2,1-3H3,(H,60,61,62)(H,63,64,65)(H,66,67,68);1H3,(H,2,3,4). The molecule has 5 aromatic carbocycles. The van der Waals surface area contributed by atoms with Gasteiger partial charge in [-0.15, -0.1) is 39.4 Å². The molecular formula is C45H43N11O22S7. The first-order valence-corrected chi connectivity index (χ1v) is 32.0. The highest BCUT2D eigenvalue weighted by Crippen LogP contribution is 2.50. The predicted octanol–water partition coefficient (Wildman–Crippen LogP) is 10.1. The maximum absolute atomic E-state index is 13.3. The Bertz CT molecular complexity index is 4480. The van der Waals surface area contributed by atoms with Gasteiger partial charge in [0.2, 0.25) is 11.0 Å². The van der Waals surface area contributed by atoms with Gasteiger partial charge in [-0.1, -0.05) is 33.5 Å². The number of aromatic hydroxyl groups is 2. The van der Waals surface area contributed by atoms with Gasteiger partial charge >= 0.3 is 0 Å². The number of rotatable bonds is 24. The highest BCUT2D eigenvalue weighted by atomic mass is 32.2. The Morgan fingerprint density at radius 3 is 2.01 bits per heavy atom. The highest BCUT2D eigenvalue weighted by molar-refractivity contribution is 7.95. The van der Waals surface area contributed by atoms with E-state index in [1.807, 2.05) is 6.07 Å². The molecule has 0 radical (unpaired) electrons. The molecule has 33 nitrogen and oxygen atoms in total. The number of benzene rings is 5. The first-order valence-electron chi connectivity index (χ1n) is 23.2. The lowest BCUT2D eigenvalue weighted by atomic mass is 10.1.